The molecular weight excluding hydrogens is 246 g/mol. The van der Waals surface area contributed by atoms with Crippen LogP contribution in [0.5, 0.6) is 0 Å². The predicted molar refractivity (Wildman–Crippen MR) is 74.6 cm³/mol. The van der Waals surface area contributed by atoms with E-state index in [9.17, 15) is 8.78 Å². The number of rotatable bonds is 5. The Kier molecular flexibility index (Phi) is 5.18. The van der Waals surface area contributed by atoms with Crippen molar-refractivity contribution in [2.24, 2.45) is 11.8 Å². The quantitative estimate of drug-likeness (QED) is 0.760. The topological polar surface area (TPSA) is 6.48 Å². The third-order valence-corrected chi connectivity index (χ3v) is 5.02. The molecular formula is C15H28F2N2. The van der Waals surface area contributed by atoms with Crippen LogP contribution in [0.4, 0.5) is 8.78 Å². The van der Waals surface area contributed by atoms with E-state index in [-0.39, 0.29) is 6.54 Å². The van der Waals surface area contributed by atoms with E-state index in [4.69, 9.17) is 0 Å². The molecule has 2 fully saturated rings. The van der Waals surface area contributed by atoms with E-state index < -0.39 is 6.43 Å². The maximum atomic E-state index is 12.8. The van der Waals surface area contributed by atoms with Crippen molar-refractivity contribution in [3.63, 3.8) is 0 Å². The Balaban J connectivity index is 1.88. The molecule has 112 valence electrons. The molecule has 0 amide bonds. The Labute approximate surface area is 116 Å². The normalized spacial score (nSPS) is 30.3. The standard InChI is InChI=1S/C15H28F2N2/c1-11(2)12-4-6-13(7-5-12)19(10-15(16)17)14-8-18(3)9-14/h11-15H,4-10H2,1-3H3. The molecule has 1 saturated heterocycles. The van der Waals surface area contributed by atoms with Gasteiger partial charge in [-0.25, -0.2) is 8.78 Å². The first-order valence-electron chi connectivity index (χ1n) is 7.69. The highest BCUT2D eigenvalue weighted by atomic mass is 19.3. The van der Waals surface area contributed by atoms with E-state index in [1.165, 1.54) is 12.8 Å². The molecule has 0 atom stereocenters. The SMILES string of the molecule is CC(C)C1CCC(N(CC(F)F)C2CN(C)C2)CC1. The van der Waals surface area contributed by atoms with E-state index in [2.05, 4.69) is 30.7 Å². The van der Waals surface area contributed by atoms with Gasteiger partial charge in [0.25, 0.3) is 6.43 Å². The minimum atomic E-state index is -2.20. The van der Waals surface area contributed by atoms with Crippen LogP contribution in [0.25, 0.3) is 0 Å². The number of nitrogens with zero attached hydrogens (tertiary/aromatic N) is 2. The van der Waals surface area contributed by atoms with Crippen LogP contribution in [0.2, 0.25) is 0 Å². The average Bonchev–Trinajstić information content (AvgIpc) is 2.32. The smallest absolute Gasteiger partial charge is 0.251 e. The van der Waals surface area contributed by atoms with Crippen LogP contribution < -0.4 is 0 Å². The van der Waals surface area contributed by atoms with Crippen molar-refractivity contribution in [1.29, 1.82) is 0 Å². The molecule has 2 nitrogen and oxygen atoms in total. The molecule has 0 unspecified atom stereocenters. The third-order valence-electron chi connectivity index (χ3n) is 5.02. The summed E-state index contributed by atoms with van der Waals surface area (Å²) in [6.07, 6.45) is 2.44. The Morgan fingerprint density at radius 2 is 1.63 bits per heavy atom. The molecule has 1 aliphatic carbocycles. The van der Waals surface area contributed by atoms with Crippen LogP contribution in [0.1, 0.15) is 39.5 Å². The maximum absolute atomic E-state index is 12.8. The number of hydrogen-bond acceptors (Lipinski definition) is 2. The van der Waals surface area contributed by atoms with Crippen molar-refractivity contribution >= 4 is 0 Å². The zero-order valence-corrected chi connectivity index (χ0v) is 12.5. The van der Waals surface area contributed by atoms with Crippen molar-refractivity contribution in [2.75, 3.05) is 26.7 Å². The second-order valence-electron chi connectivity index (χ2n) is 6.78. The van der Waals surface area contributed by atoms with E-state index in [0.717, 1.165) is 37.8 Å². The van der Waals surface area contributed by atoms with Crippen LogP contribution in [0.3, 0.4) is 0 Å². The molecule has 0 aromatic carbocycles. The molecule has 1 saturated carbocycles. The zero-order chi connectivity index (χ0) is 14.0. The molecule has 0 radical (unpaired) electrons. The second-order valence-corrected chi connectivity index (χ2v) is 6.78. The van der Waals surface area contributed by atoms with Gasteiger partial charge in [0.15, 0.2) is 0 Å². The fraction of sp³-hybridized carbons (Fsp3) is 1.00. The minimum Gasteiger partial charge on any atom is -0.303 e. The van der Waals surface area contributed by atoms with Gasteiger partial charge in [-0.1, -0.05) is 13.8 Å². The maximum Gasteiger partial charge on any atom is 0.251 e. The Morgan fingerprint density at radius 3 is 2.05 bits per heavy atom. The highest BCUT2D eigenvalue weighted by Gasteiger charge is 2.36. The number of hydrogen-bond donors (Lipinski definition) is 0. The lowest BCUT2D eigenvalue weighted by Gasteiger charge is -2.48. The second kappa shape index (κ2) is 6.49. The summed E-state index contributed by atoms with van der Waals surface area (Å²) in [6, 6.07) is 0.752. The van der Waals surface area contributed by atoms with E-state index in [1.807, 2.05) is 0 Å². The van der Waals surface area contributed by atoms with Crippen LogP contribution in [-0.4, -0.2) is 55.0 Å². The number of halogens is 2. The van der Waals surface area contributed by atoms with Gasteiger partial charge in [0, 0.05) is 25.2 Å². The van der Waals surface area contributed by atoms with Gasteiger partial charge in [0.05, 0.1) is 6.54 Å². The number of likely N-dealkylation sites (tertiary alicyclic amines) is 1. The third kappa shape index (κ3) is 3.88. The van der Waals surface area contributed by atoms with Crippen LogP contribution >= 0.6 is 0 Å². The lowest BCUT2D eigenvalue weighted by Crippen LogP contribution is -2.61. The lowest BCUT2D eigenvalue weighted by molar-refractivity contribution is -0.0301. The van der Waals surface area contributed by atoms with E-state index >= 15 is 0 Å². The van der Waals surface area contributed by atoms with Crippen molar-refractivity contribution in [3.8, 4) is 0 Å². The van der Waals surface area contributed by atoms with E-state index in [1.54, 1.807) is 0 Å². The van der Waals surface area contributed by atoms with Crippen molar-refractivity contribution in [2.45, 2.75) is 58.0 Å². The van der Waals surface area contributed by atoms with Gasteiger partial charge in [0.2, 0.25) is 0 Å². The monoisotopic (exact) mass is 274 g/mol. The summed E-state index contributed by atoms with van der Waals surface area (Å²) in [7, 11) is 2.06. The molecule has 1 aliphatic heterocycles. The summed E-state index contributed by atoms with van der Waals surface area (Å²) in [6.45, 7) is 6.44. The molecule has 1 heterocycles. The van der Waals surface area contributed by atoms with Crippen molar-refractivity contribution in [3.05, 3.63) is 0 Å². The Morgan fingerprint density at radius 1 is 1.05 bits per heavy atom. The average molecular weight is 274 g/mol. The van der Waals surface area contributed by atoms with Crippen molar-refractivity contribution in [1.82, 2.24) is 9.80 Å². The summed E-state index contributed by atoms with van der Waals surface area (Å²) < 4.78 is 25.6. The lowest BCUT2D eigenvalue weighted by atomic mass is 9.79. The van der Waals surface area contributed by atoms with Gasteiger partial charge in [0.1, 0.15) is 0 Å². The van der Waals surface area contributed by atoms with Gasteiger partial charge in [-0.3, -0.25) is 4.90 Å². The summed E-state index contributed by atoms with van der Waals surface area (Å²) in [4.78, 5) is 4.32. The molecule has 2 rings (SSSR count). The molecule has 0 bridgehead atoms. The first kappa shape index (κ1) is 15.2. The van der Waals surface area contributed by atoms with Gasteiger partial charge < -0.3 is 4.90 Å². The predicted octanol–water partition coefficient (Wildman–Crippen LogP) is 3.08. The molecule has 2 aliphatic rings. The Hall–Kier alpha value is -0.220. The molecule has 19 heavy (non-hydrogen) atoms. The highest BCUT2D eigenvalue weighted by Crippen LogP contribution is 2.34. The summed E-state index contributed by atoms with van der Waals surface area (Å²) in [5, 5.41) is 0. The van der Waals surface area contributed by atoms with Crippen LogP contribution in [0, 0.1) is 11.8 Å². The van der Waals surface area contributed by atoms with Gasteiger partial charge in [-0.05, 0) is 44.6 Å². The van der Waals surface area contributed by atoms with Crippen LogP contribution in [0.15, 0.2) is 0 Å². The van der Waals surface area contributed by atoms with Crippen molar-refractivity contribution < 1.29 is 8.78 Å². The minimum absolute atomic E-state index is 0.0322. The van der Waals surface area contributed by atoms with Gasteiger partial charge >= 0.3 is 0 Å². The fourth-order valence-corrected chi connectivity index (χ4v) is 3.73. The largest absolute Gasteiger partial charge is 0.303 e. The van der Waals surface area contributed by atoms with Gasteiger partial charge in [-0.15, -0.1) is 0 Å². The first-order chi connectivity index (χ1) is 8.97. The summed E-state index contributed by atoms with van der Waals surface area (Å²) >= 11 is 0. The summed E-state index contributed by atoms with van der Waals surface area (Å²) in [5.41, 5.74) is 0. The summed E-state index contributed by atoms with van der Waals surface area (Å²) in [5.74, 6) is 1.54. The number of likely N-dealkylation sites (N-methyl/N-ethyl adjacent to an activating group) is 1. The van der Waals surface area contributed by atoms with E-state index in [0.29, 0.717) is 12.1 Å². The molecule has 0 aromatic heterocycles. The molecule has 0 N–H and O–H groups in total. The molecule has 0 spiro atoms. The molecule has 4 heteroatoms. The van der Waals surface area contributed by atoms with Gasteiger partial charge in [-0.2, -0.15) is 0 Å². The zero-order valence-electron chi connectivity index (χ0n) is 12.5. The highest BCUT2D eigenvalue weighted by molar-refractivity contribution is 4.91. The fourth-order valence-electron chi connectivity index (χ4n) is 3.73. The van der Waals surface area contributed by atoms with Crippen LogP contribution in [-0.2, 0) is 0 Å². The first-order valence-corrected chi connectivity index (χ1v) is 7.69. The Bertz CT molecular complexity index is 269. The molecule has 0 aromatic rings. The number of alkyl halides is 2.